The molecule has 1 aromatic carbocycles. The van der Waals surface area contributed by atoms with Crippen LogP contribution in [0.25, 0.3) is 0 Å². The van der Waals surface area contributed by atoms with Gasteiger partial charge in [-0.1, -0.05) is 0 Å². The molecule has 1 atom stereocenters. The average Bonchev–Trinajstić information content (AvgIpc) is 2.99. The Bertz CT molecular complexity index is 481. The van der Waals surface area contributed by atoms with Gasteiger partial charge in [0.15, 0.2) is 0 Å². The van der Waals surface area contributed by atoms with E-state index in [2.05, 4.69) is 10.6 Å². The summed E-state index contributed by atoms with van der Waals surface area (Å²) in [5.74, 6) is -0.369. The number of rotatable bonds is 5. The molecule has 0 aromatic heterocycles. The van der Waals surface area contributed by atoms with Gasteiger partial charge in [-0.05, 0) is 44.0 Å². The highest BCUT2D eigenvalue weighted by Crippen LogP contribution is 2.12. The fourth-order valence-electron chi connectivity index (χ4n) is 2.09. The quantitative estimate of drug-likeness (QED) is 0.815. The molecule has 0 spiro atoms. The molecule has 1 heterocycles. The molecule has 0 aliphatic carbocycles. The van der Waals surface area contributed by atoms with Crippen molar-refractivity contribution in [1.29, 1.82) is 0 Å². The minimum Gasteiger partial charge on any atom is -0.462 e. The molecule has 2 N–H and O–H groups in total. The van der Waals surface area contributed by atoms with Gasteiger partial charge in [0.25, 0.3) is 0 Å². The lowest BCUT2D eigenvalue weighted by molar-refractivity contribution is 0.0526. The lowest BCUT2D eigenvalue weighted by Gasteiger charge is -2.12. The van der Waals surface area contributed by atoms with Gasteiger partial charge in [0.05, 0.1) is 18.3 Å². The summed E-state index contributed by atoms with van der Waals surface area (Å²) >= 11 is 0. The number of urea groups is 1. The van der Waals surface area contributed by atoms with E-state index in [4.69, 9.17) is 9.47 Å². The van der Waals surface area contributed by atoms with Crippen LogP contribution in [0.1, 0.15) is 30.1 Å². The van der Waals surface area contributed by atoms with Crippen molar-refractivity contribution in [3.63, 3.8) is 0 Å². The van der Waals surface area contributed by atoms with Gasteiger partial charge in [-0.2, -0.15) is 0 Å². The molecule has 1 aromatic rings. The van der Waals surface area contributed by atoms with Crippen LogP contribution in [0.2, 0.25) is 0 Å². The first kappa shape index (κ1) is 15.3. The number of anilines is 1. The second kappa shape index (κ2) is 7.64. The number of ether oxygens (including phenoxy) is 2. The molecule has 0 radical (unpaired) electrons. The molecule has 0 saturated carbocycles. The maximum atomic E-state index is 11.7. The van der Waals surface area contributed by atoms with E-state index in [1.807, 2.05) is 0 Å². The van der Waals surface area contributed by atoms with Crippen molar-refractivity contribution in [2.45, 2.75) is 25.9 Å². The smallest absolute Gasteiger partial charge is 0.338 e. The van der Waals surface area contributed by atoms with Crippen LogP contribution in [0.3, 0.4) is 0 Å². The molecule has 0 bridgehead atoms. The van der Waals surface area contributed by atoms with Crippen LogP contribution in [0.4, 0.5) is 10.5 Å². The second-order valence-electron chi connectivity index (χ2n) is 4.77. The highest BCUT2D eigenvalue weighted by molar-refractivity contribution is 5.92. The zero-order chi connectivity index (χ0) is 15.1. The molecule has 2 amide bonds. The third-order valence-corrected chi connectivity index (χ3v) is 3.17. The Hall–Kier alpha value is -2.08. The largest absolute Gasteiger partial charge is 0.462 e. The van der Waals surface area contributed by atoms with Gasteiger partial charge in [-0.3, -0.25) is 0 Å². The first-order chi connectivity index (χ1) is 10.2. The summed E-state index contributed by atoms with van der Waals surface area (Å²) in [5, 5.41) is 5.47. The molecule has 1 fully saturated rings. The summed E-state index contributed by atoms with van der Waals surface area (Å²) in [4.78, 5) is 23.2. The van der Waals surface area contributed by atoms with Gasteiger partial charge < -0.3 is 20.1 Å². The van der Waals surface area contributed by atoms with Gasteiger partial charge in [-0.15, -0.1) is 0 Å². The van der Waals surface area contributed by atoms with Crippen molar-refractivity contribution in [3.05, 3.63) is 29.8 Å². The number of hydrogen-bond donors (Lipinski definition) is 2. The normalized spacial score (nSPS) is 17.3. The van der Waals surface area contributed by atoms with E-state index in [0.29, 0.717) is 24.4 Å². The zero-order valence-corrected chi connectivity index (χ0v) is 12.1. The Morgan fingerprint density at radius 2 is 2.10 bits per heavy atom. The molecular formula is C15H20N2O4. The van der Waals surface area contributed by atoms with E-state index in [1.165, 1.54) is 0 Å². The van der Waals surface area contributed by atoms with Gasteiger partial charge >= 0.3 is 12.0 Å². The van der Waals surface area contributed by atoms with Crippen LogP contribution in [-0.2, 0) is 9.47 Å². The van der Waals surface area contributed by atoms with Crippen molar-refractivity contribution in [1.82, 2.24) is 5.32 Å². The highest BCUT2D eigenvalue weighted by Gasteiger charge is 2.16. The molecule has 21 heavy (non-hydrogen) atoms. The molecule has 1 unspecified atom stereocenters. The van der Waals surface area contributed by atoms with Crippen LogP contribution in [0.5, 0.6) is 0 Å². The summed E-state index contributed by atoms with van der Waals surface area (Å²) in [7, 11) is 0. The standard InChI is InChI=1S/C15H20N2O4/c1-2-20-14(18)11-5-7-12(8-6-11)17-15(19)16-10-13-4-3-9-21-13/h5-8,13H,2-4,9-10H2,1H3,(H2,16,17,19). The van der Waals surface area contributed by atoms with Crippen molar-refractivity contribution in [3.8, 4) is 0 Å². The van der Waals surface area contributed by atoms with Crippen molar-refractivity contribution >= 4 is 17.7 Å². The number of nitrogens with one attached hydrogen (secondary N) is 2. The summed E-state index contributed by atoms with van der Waals surface area (Å²) in [6.07, 6.45) is 2.14. The molecule has 1 aliphatic rings. The molecule has 6 nitrogen and oxygen atoms in total. The maximum absolute atomic E-state index is 11.7. The van der Waals surface area contributed by atoms with E-state index in [1.54, 1.807) is 31.2 Å². The third kappa shape index (κ3) is 4.75. The number of amides is 2. The lowest BCUT2D eigenvalue weighted by Crippen LogP contribution is -2.35. The summed E-state index contributed by atoms with van der Waals surface area (Å²) in [6, 6.07) is 6.28. The fourth-order valence-corrected chi connectivity index (χ4v) is 2.09. The SMILES string of the molecule is CCOC(=O)c1ccc(NC(=O)NCC2CCCO2)cc1. The van der Waals surface area contributed by atoms with E-state index in [9.17, 15) is 9.59 Å². The Morgan fingerprint density at radius 3 is 2.71 bits per heavy atom. The van der Waals surface area contributed by atoms with Gasteiger partial charge in [-0.25, -0.2) is 9.59 Å². The monoisotopic (exact) mass is 292 g/mol. The average molecular weight is 292 g/mol. The van der Waals surface area contributed by atoms with Gasteiger partial charge in [0.2, 0.25) is 0 Å². The molecule has 114 valence electrons. The van der Waals surface area contributed by atoms with E-state index in [-0.39, 0.29) is 18.1 Å². The van der Waals surface area contributed by atoms with Crippen LogP contribution in [-0.4, -0.2) is 37.9 Å². The van der Waals surface area contributed by atoms with Gasteiger partial charge in [0, 0.05) is 18.8 Å². The fraction of sp³-hybridized carbons (Fsp3) is 0.467. The lowest BCUT2D eigenvalue weighted by atomic mass is 10.2. The highest BCUT2D eigenvalue weighted by atomic mass is 16.5. The Balaban J connectivity index is 1.79. The summed E-state index contributed by atoms with van der Waals surface area (Å²) in [6.45, 7) is 3.37. The van der Waals surface area contributed by atoms with E-state index in [0.717, 1.165) is 19.4 Å². The predicted molar refractivity (Wildman–Crippen MR) is 78.4 cm³/mol. The van der Waals surface area contributed by atoms with E-state index < -0.39 is 0 Å². The first-order valence-electron chi connectivity index (χ1n) is 7.12. The molecule has 2 rings (SSSR count). The molecule has 1 aliphatic heterocycles. The zero-order valence-electron chi connectivity index (χ0n) is 12.1. The number of carbonyl (C=O) groups is 2. The Labute approximate surface area is 123 Å². The minimum atomic E-state index is -0.369. The Kier molecular flexibility index (Phi) is 5.57. The molecule has 1 saturated heterocycles. The van der Waals surface area contributed by atoms with Crippen molar-refractivity contribution in [2.24, 2.45) is 0 Å². The van der Waals surface area contributed by atoms with E-state index >= 15 is 0 Å². The molecule has 6 heteroatoms. The Morgan fingerprint density at radius 1 is 1.33 bits per heavy atom. The van der Waals surface area contributed by atoms with Crippen molar-refractivity contribution < 1.29 is 19.1 Å². The number of carbonyl (C=O) groups excluding carboxylic acids is 2. The minimum absolute atomic E-state index is 0.113. The van der Waals surface area contributed by atoms with Crippen LogP contribution < -0.4 is 10.6 Å². The van der Waals surface area contributed by atoms with Crippen molar-refractivity contribution in [2.75, 3.05) is 25.1 Å². The topological polar surface area (TPSA) is 76.7 Å². The van der Waals surface area contributed by atoms with Crippen LogP contribution in [0, 0.1) is 0 Å². The predicted octanol–water partition coefficient (Wildman–Crippen LogP) is 2.16. The summed E-state index contributed by atoms with van der Waals surface area (Å²) < 4.78 is 10.3. The molecular weight excluding hydrogens is 272 g/mol. The number of benzene rings is 1. The first-order valence-corrected chi connectivity index (χ1v) is 7.12. The number of hydrogen-bond acceptors (Lipinski definition) is 4. The van der Waals surface area contributed by atoms with Crippen LogP contribution in [0.15, 0.2) is 24.3 Å². The second-order valence-corrected chi connectivity index (χ2v) is 4.77. The van der Waals surface area contributed by atoms with Gasteiger partial charge in [0.1, 0.15) is 0 Å². The maximum Gasteiger partial charge on any atom is 0.338 e. The van der Waals surface area contributed by atoms with Crippen LogP contribution >= 0.6 is 0 Å². The summed E-state index contributed by atoms with van der Waals surface area (Å²) in [5.41, 5.74) is 1.08. The third-order valence-electron chi connectivity index (χ3n) is 3.17. The number of esters is 1.